The summed E-state index contributed by atoms with van der Waals surface area (Å²) in [5.41, 5.74) is 4.37. The van der Waals surface area contributed by atoms with Crippen molar-refractivity contribution in [2.24, 2.45) is 0 Å². The first-order chi connectivity index (χ1) is 12.7. The summed E-state index contributed by atoms with van der Waals surface area (Å²) >= 11 is 6.21. The molecule has 2 aromatic carbocycles. The van der Waals surface area contributed by atoms with Gasteiger partial charge in [0.2, 0.25) is 6.41 Å². The van der Waals surface area contributed by atoms with Gasteiger partial charge in [0.05, 0.1) is 12.6 Å². The highest BCUT2D eigenvalue weighted by Gasteiger charge is 2.24. The van der Waals surface area contributed by atoms with Crippen molar-refractivity contribution in [3.05, 3.63) is 64.7 Å². The van der Waals surface area contributed by atoms with Gasteiger partial charge in [-0.25, -0.2) is 0 Å². The van der Waals surface area contributed by atoms with Gasteiger partial charge in [-0.1, -0.05) is 29.8 Å². The Hall–Kier alpha value is -2.46. The second kappa shape index (κ2) is 8.28. The maximum atomic E-state index is 11.6. The molecule has 0 aliphatic carbocycles. The molecule has 1 aliphatic rings. The Morgan fingerprint density at radius 1 is 1.27 bits per heavy atom. The Kier molecular flexibility index (Phi) is 5.84. The summed E-state index contributed by atoms with van der Waals surface area (Å²) in [4.78, 5) is 13.4. The number of anilines is 1. The zero-order valence-corrected chi connectivity index (χ0v) is 15.8. The Morgan fingerprint density at radius 3 is 2.69 bits per heavy atom. The van der Waals surface area contributed by atoms with E-state index in [0.29, 0.717) is 18.2 Å². The molecule has 0 saturated carbocycles. The molecule has 0 radical (unpaired) electrons. The summed E-state index contributed by atoms with van der Waals surface area (Å²) < 4.78 is 5.51. The van der Waals surface area contributed by atoms with E-state index in [1.54, 1.807) is 0 Å². The molecule has 4 nitrogen and oxygen atoms in total. The third-order valence-electron chi connectivity index (χ3n) is 4.62. The van der Waals surface area contributed by atoms with Crippen LogP contribution in [0.5, 0.6) is 5.75 Å². The first-order valence-corrected chi connectivity index (χ1v) is 9.16. The topological polar surface area (TPSA) is 41.6 Å². The number of halogens is 1. The lowest BCUT2D eigenvalue weighted by Gasteiger charge is -2.32. The van der Waals surface area contributed by atoms with E-state index < -0.39 is 0 Å². The lowest BCUT2D eigenvalue weighted by atomic mass is 9.92. The molecule has 136 valence electrons. The van der Waals surface area contributed by atoms with E-state index in [4.69, 9.17) is 16.3 Å². The summed E-state index contributed by atoms with van der Waals surface area (Å²) in [5.74, 6) is 0.834. The van der Waals surface area contributed by atoms with Gasteiger partial charge in [0.15, 0.2) is 0 Å². The molecular weight excluding hydrogens is 348 g/mol. The molecule has 1 amide bonds. The molecule has 3 rings (SSSR count). The first kappa shape index (κ1) is 18.3. The molecule has 5 heteroatoms. The Labute approximate surface area is 159 Å². The van der Waals surface area contributed by atoms with Crippen LogP contribution in [0.15, 0.2) is 48.5 Å². The van der Waals surface area contributed by atoms with Crippen LogP contribution in [0.4, 0.5) is 5.69 Å². The largest absolute Gasteiger partial charge is 0.494 e. The van der Waals surface area contributed by atoms with Gasteiger partial charge in [0.1, 0.15) is 5.75 Å². The smallest absolute Gasteiger partial charge is 0.210 e. The standard InChI is InChI=1S/C21H23ClN2O2/c1-3-26-18-7-4-15(5-8-18)21-12-16(10-11-24(21)14-25)19-13-17(22)6-9-20(19)23-2/h4-9,12-14,21,23H,3,10-11H2,1-2H3. The number of ether oxygens (including phenoxy) is 1. The normalized spacial score (nSPS) is 16.8. The van der Waals surface area contributed by atoms with E-state index in [1.807, 2.05) is 61.3 Å². The Bertz CT molecular complexity index is 802. The second-order valence-corrected chi connectivity index (χ2v) is 6.61. The second-order valence-electron chi connectivity index (χ2n) is 6.17. The van der Waals surface area contributed by atoms with Crippen molar-refractivity contribution in [2.45, 2.75) is 19.4 Å². The van der Waals surface area contributed by atoms with Crippen LogP contribution < -0.4 is 10.1 Å². The minimum absolute atomic E-state index is 0.101. The van der Waals surface area contributed by atoms with E-state index >= 15 is 0 Å². The monoisotopic (exact) mass is 370 g/mol. The lowest BCUT2D eigenvalue weighted by Crippen LogP contribution is -2.30. The highest BCUT2D eigenvalue weighted by Crippen LogP contribution is 2.36. The number of nitrogens with zero attached hydrogens (tertiary/aromatic N) is 1. The van der Waals surface area contributed by atoms with E-state index in [9.17, 15) is 4.79 Å². The summed E-state index contributed by atoms with van der Waals surface area (Å²) in [5, 5.41) is 3.93. The summed E-state index contributed by atoms with van der Waals surface area (Å²) in [7, 11) is 1.90. The Balaban J connectivity index is 1.98. The molecule has 1 unspecified atom stereocenters. The van der Waals surface area contributed by atoms with Crippen LogP contribution in [0, 0.1) is 0 Å². The number of hydrogen-bond acceptors (Lipinski definition) is 3. The number of rotatable bonds is 6. The van der Waals surface area contributed by atoms with Gasteiger partial charge in [-0.05, 0) is 54.8 Å². The molecule has 1 N–H and O–H groups in total. The molecular formula is C21H23ClN2O2. The number of nitrogens with one attached hydrogen (secondary N) is 1. The van der Waals surface area contributed by atoms with E-state index in [2.05, 4.69) is 11.4 Å². The fourth-order valence-corrected chi connectivity index (χ4v) is 3.49. The Morgan fingerprint density at radius 2 is 2.04 bits per heavy atom. The molecule has 1 heterocycles. The van der Waals surface area contributed by atoms with Gasteiger partial charge in [-0.15, -0.1) is 0 Å². The van der Waals surface area contributed by atoms with Crippen molar-refractivity contribution in [1.82, 2.24) is 4.90 Å². The van der Waals surface area contributed by atoms with E-state index in [0.717, 1.165) is 35.4 Å². The maximum absolute atomic E-state index is 11.6. The average molecular weight is 371 g/mol. The van der Waals surface area contributed by atoms with Crippen molar-refractivity contribution in [2.75, 3.05) is 25.5 Å². The fraction of sp³-hybridized carbons (Fsp3) is 0.286. The van der Waals surface area contributed by atoms with E-state index in [1.165, 1.54) is 5.57 Å². The highest BCUT2D eigenvalue weighted by molar-refractivity contribution is 6.30. The van der Waals surface area contributed by atoms with Crippen LogP contribution in [-0.2, 0) is 4.79 Å². The summed E-state index contributed by atoms with van der Waals surface area (Å²) in [6.07, 6.45) is 3.87. The van der Waals surface area contributed by atoms with Gasteiger partial charge < -0.3 is 15.0 Å². The van der Waals surface area contributed by atoms with Crippen LogP contribution in [0.3, 0.4) is 0 Å². The van der Waals surface area contributed by atoms with Crippen LogP contribution in [0.1, 0.15) is 30.5 Å². The predicted molar refractivity (Wildman–Crippen MR) is 107 cm³/mol. The third kappa shape index (κ3) is 3.86. The van der Waals surface area contributed by atoms with Crippen LogP contribution in [-0.4, -0.2) is 31.5 Å². The quantitative estimate of drug-likeness (QED) is 0.745. The van der Waals surface area contributed by atoms with Gasteiger partial charge in [-0.2, -0.15) is 0 Å². The molecule has 0 aromatic heterocycles. The number of carbonyl (C=O) groups excluding carboxylic acids is 1. The zero-order chi connectivity index (χ0) is 18.5. The zero-order valence-electron chi connectivity index (χ0n) is 15.0. The molecule has 26 heavy (non-hydrogen) atoms. The number of hydrogen-bond donors (Lipinski definition) is 1. The maximum Gasteiger partial charge on any atom is 0.210 e. The minimum atomic E-state index is -0.101. The number of benzene rings is 2. The molecule has 1 aliphatic heterocycles. The van der Waals surface area contributed by atoms with Crippen molar-refractivity contribution in [3.8, 4) is 5.75 Å². The average Bonchev–Trinajstić information content (AvgIpc) is 2.68. The van der Waals surface area contributed by atoms with Crippen molar-refractivity contribution in [3.63, 3.8) is 0 Å². The third-order valence-corrected chi connectivity index (χ3v) is 4.86. The number of carbonyl (C=O) groups is 1. The summed E-state index contributed by atoms with van der Waals surface area (Å²) in [6.45, 7) is 3.26. The van der Waals surface area contributed by atoms with Gasteiger partial charge >= 0.3 is 0 Å². The molecule has 0 bridgehead atoms. The fourth-order valence-electron chi connectivity index (χ4n) is 3.32. The first-order valence-electron chi connectivity index (χ1n) is 8.78. The molecule has 0 saturated heterocycles. The number of amides is 1. The van der Waals surface area contributed by atoms with Crippen molar-refractivity contribution < 1.29 is 9.53 Å². The van der Waals surface area contributed by atoms with Crippen molar-refractivity contribution >= 4 is 29.3 Å². The molecule has 0 fully saturated rings. The molecule has 0 spiro atoms. The molecule has 1 atom stereocenters. The van der Waals surface area contributed by atoms with Gasteiger partial charge in [0, 0.05) is 29.9 Å². The van der Waals surface area contributed by atoms with Gasteiger partial charge in [0.25, 0.3) is 0 Å². The van der Waals surface area contributed by atoms with Crippen LogP contribution in [0.2, 0.25) is 5.02 Å². The highest BCUT2D eigenvalue weighted by atomic mass is 35.5. The lowest BCUT2D eigenvalue weighted by molar-refractivity contribution is -0.119. The predicted octanol–water partition coefficient (Wildman–Crippen LogP) is 4.77. The van der Waals surface area contributed by atoms with Crippen LogP contribution in [0.25, 0.3) is 5.57 Å². The minimum Gasteiger partial charge on any atom is -0.494 e. The molecule has 2 aromatic rings. The van der Waals surface area contributed by atoms with Crippen molar-refractivity contribution in [1.29, 1.82) is 0 Å². The van der Waals surface area contributed by atoms with Gasteiger partial charge in [-0.3, -0.25) is 4.79 Å². The van der Waals surface area contributed by atoms with Crippen LogP contribution >= 0.6 is 11.6 Å². The summed E-state index contributed by atoms with van der Waals surface area (Å²) in [6, 6.07) is 13.7. The van der Waals surface area contributed by atoms with E-state index in [-0.39, 0.29) is 6.04 Å². The SMILES string of the molecule is CCOc1ccc(C2C=C(c3cc(Cl)ccc3NC)CCN2C=O)cc1.